The predicted octanol–water partition coefficient (Wildman–Crippen LogP) is 8.65. The molecule has 0 aliphatic heterocycles. The van der Waals surface area contributed by atoms with Crippen molar-refractivity contribution in [3.05, 3.63) is 129 Å². The van der Waals surface area contributed by atoms with Crippen LogP contribution < -0.4 is 18.9 Å². The van der Waals surface area contributed by atoms with Gasteiger partial charge in [-0.15, -0.1) is 0 Å². The monoisotopic (exact) mass is 638 g/mol. The lowest BCUT2D eigenvalue weighted by atomic mass is 10.1. The zero-order valence-electron chi connectivity index (χ0n) is 24.2. The van der Waals surface area contributed by atoms with Crippen LogP contribution in [-0.2, 0) is 9.84 Å². The molecule has 0 heterocycles. The summed E-state index contributed by atoms with van der Waals surface area (Å²) in [5.41, 5.74) is 2.30. The number of methoxy groups -OCH3 is 4. The van der Waals surface area contributed by atoms with Crippen LogP contribution in [0, 0.1) is 0 Å². The summed E-state index contributed by atoms with van der Waals surface area (Å²) in [6, 6.07) is 24.3. The molecule has 0 fully saturated rings. The highest BCUT2D eigenvalue weighted by atomic mass is 35.5. The molecule has 43 heavy (non-hydrogen) atoms. The third-order valence-corrected chi connectivity index (χ3v) is 9.69. The maximum absolute atomic E-state index is 14.8. The smallest absolute Gasteiger partial charge is 0.171 e. The zero-order valence-corrected chi connectivity index (χ0v) is 26.5. The Labute approximate surface area is 263 Å². The molecule has 0 amide bonds. The summed E-state index contributed by atoms with van der Waals surface area (Å²) in [5.74, 6) is 2.17. The Bertz CT molecular complexity index is 1530. The minimum absolute atomic E-state index is 0.493. The second-order valence-electron chi connectivity index (χ2n) is 9.40. The second-order valence-corrected chi connectivity index (χ2v) is 12.5. The van der Waals surface area contributed by atoms with Gasteiger partial charge in [-0.3, -0.25) is 0 Å². The Morgan fingerprint density at radius 2 is 0.837 bits per heavy atom. The molecule has 4 aromatic carbocycles. The Morgan fingerprint density at radius 3 is 1.12 bits per heavy atom. The number of ether oxygens (including phenoxy) is 4. The lowest BCUT2D eigenvalue weighted by molar-refractivity contribution is 0.392. The lowest BCUT2D eigenvalue weighted by Crippen LogP contribution is -2.19. The van der Waals surface area contributed by atoms with Crippen molar-refractivity contribution < 1.29 is 27.4 Å². The molecule has 0 aliphatic rings. The van der Waals surface area contributed by atoms with Crippen LogP contribution in [0.2, 0.25) is 10.0 Å². The summed E-state index contributed by atoms with van der Waals surface area (Å²) >= 11 is 12.4. The number of halogens is 2. The quantitative estimate of drug-likeness (QED) is 0.155. The molecule has 0 N–H and O–H groups in total. The first-order chi connectivity index (χ1) is 20.7. The summed E-state index contributed by atoms with van der Waals surface area (Å²) < 4.78 is 51.7. The molecule has 9 heteroatoms. The van der Waals surface area contributed by atoms with Gasteiger partial charge in [-0.05, 0) is 71.8 Å². The van der Waals surface area contributed by atoms with Crippen LogP contribution >= 0.6 is 23.2 Å². The summed E-state index contributed by atoms with van der Waals surface area (Å²) in [6.45, 7) is 0. The Morgan fingerprint density at radius 1 is 0.535 bits per heavy atom. The molecule has 0 spiro atoms. The van der Waals surface area contributed by atoms with Gasteiger partial charge in [-0.25, -0.2) is 8.42 Å². The molecule has 0 saturated carbocycles. The van der Waals surface area contributed by atoms with Gasteiger partial charge in [0.25, 0.3) is 0 Å². The van der Waals surface area contributed by atoms with E-state index < -0.39 is 20.3 Å². The molecule has 2 atom stereocenters. The third-order valence-electron chi connectivity index (χ3n) is 6.91. The molecule has 2 unspecified atom stereocenters. The van der Waals surface area contributed by atoms with E-state index in [1.165, 1.54) is 0 Å². The molecule has 224 valence electrons. The van der Waals surface area contributed by atoms with Crippen molar-refractivity contribution in [3.63, 3.8) is 0 Å². The van der Waals surface area contributed by atoms with Gasteiger partial charge < -0.3 is 18.9 Å². The summed E-state index contributed by atoms with van der Waals surface area (Å²) in [5, 5.41) is -1.17. The molecular weight excluding hydrogens is 607 g/mol. The van der Waals surface area contributed by atoms with E-state index in [0.29, 0.717) is 55.3 Å². The highest BCUT2D eigenvalue weighted by molar-refractivity contribution is 7.92. The Hall–Kier alpha value is -3.91. The van der Waals surface area contributed by atoms with Crippen molar-refractivity contribution in [2.24, 2.45) is 0 Å². The van der Waals surface area contributed by atoms with E-state index in [0.717, 1.165) is 0 Å². The van der Waals surface area contributed by atoms with Crippen molar-refractivity contribution in [1.29, 1.82) is 0 Å². The maximum atomic E-state index is 14.8. The normalized spacial score (nSPS) is 13.2. The van der Waals surface area contributed by atoms with Crippen LogP contribution in [0.5, 0.6) is 23.0 Å². The molecule has 6 nitrogen and oxygen atoms in total. The lowest BCUT2D eigenvalue weighted by Gasteiger charge is -2.22. The van der Waals surface area contributed by atoms with Gasteiger partial charge in [0.15, 0.2) is 9.84 Å². The number of hydrogen-bond acceptors (Lipinski definition) is 6. The molecule has 0 saturated heterocycles. The van der Waals surface area contributed by atoms with Gasteiger partial charge in [-0.1, -0.05) is 71.8 Å². The van der Waals surface area contributed by atoms with E-state index in [4.69, 9.17) is 42.1 Å². The van der Waals surface area contributed by atoms with E-state index in [1.54, 1.807) is 138 Å². The first-order valence-corrected chi connectivity index (χ1v) is 15.6. The summed E-state index contributed by atoms with van der Waals surface area (Å²) in [6.07, 6.45) is 6.69. The van der Waals surface area contributed by atoms with E-state index in [2.05, 4.69) is 0 Å². The molecule has 4 rings (SSSR count). The standard InChI is InChI=1S/C34H32Cl2O6S/c1-39-29-7-5-8-30(40-2)27(29)19-21-33(23-11-15-25(35)16-12-23)43(37,38)34(24-13-17-26(36)18-14-24)22-20-28-31(41-3)9-6-10-32(28)42-4/h5-22,33-34H,1-4H3. The Kier molecular flexibility index (Phi) is 10.8. The van der Waals surface area contributed by atoms with Crippen molar-refractivity contribution >= 4 is 45.2 Å². The van der Waals surface area contributed by atoms with E-state index in [1.807, 2.05) is 0 Å². The third kappa shape index (κ3) is 7.36. The fourth-order valence-corrected chi connectivity index (χ4v) is 6.98. The number of hydrogen-bond donors (Lipinski definition) is 0. The number of sulfone groups is 1. The molecule has 0 aromatic heterocycles. The predicted molar refractivity (Wildman–Crippen MR) is 174 cm³/mol. The number of benzene rings is 4. The van der Waals surface area contributed by atoms with Crippen LogP contribution in [0.25, 0.3) is 12.2 Å². The highest BCUT2D eigenvalue weighted by Crippen LogP contribution is 2.40. The van der Waals surface area contributed by atoms with Crippen LogP contribution in [0.3, 0.4) is 0 Å². The molecular formula is C34H32Cl2O6S. The summed E-state index contributed by atoms with van der Waals surface area (Å²) in [4.78, 5) is 0. The van der Waals surface area contributed by atoms with E-state index >= 15 is 0 Å². The molecule has 0 aliphatic carbocycles. The van der Waals surface area contributed by atoms with Crippen molar-refractivity contribution in [2.75, 3.05) is 28.4 Å². The molecule has 4 aromatic rings. The van der Waals surface area contributed by atoms with Gasteiger partial charge in [0.1, 0.15) is 33.5 Å². The highest BCUT2D eigenvalue weighted by Gasteiger charge is 2.34. The van der Waals surface area contributed by atoms with Crippen molar-refractivity contribution in [3.8, 4) is 23.0 Å². The van der Waals surface area contributed by atoms with Gasteiger partial charge in [0.2, 0.25) is 0 Å². The summed E-state index contributed by atoms with van der Waals surface area (Å²) in [7, 11) is 2.16. The van der Waals surface area contributed by atoms with Gasteiger partial charge in [-0.2, -0.15) is 0 Å². The van der Waals surface area contributed by atoms with Gasteiger partial charge >= 0.3 is 0 Å². The molecule has 0 bridgehead atoms. The minimum Gasteiger partial charge on any atom is -0.496 e. The Balaban J connectivity index is 1.91. The SMILES string of the molecule is COc1cccc(OC)c1C=CC(c1ccc(Cl)cc1)S(=O)(=O)C(C=Cc1c(OC)cccc1OC)c1ccc(Cl)cc1. The minimum atomic E-state index is -4.04. The van der Waals surface area contributed by atoms with Crippen LogP contribution in [0.4, 0.5) is 0 Å². The topological polar surface area (TPSA) is 71.1 Å². The largest absolute Gasteiger partial charge is 0.496 e. The second kappa shape index (κ2) is 14.5. The zero-order chi connectivity index (χ0) is 31.0. The van der Waals surface area contributed by atoms with Crippen LogP contribution in [0.1, 0.15) is 32.8 Å². The fourth-order valence-electron chi connectivity index (χ4n) is 4.74. The number of rotatable bonds is 12. The maximum Gasteiger partial charge on any atom is 0.171 e. The van der Waals surface area contributed by atoms with Gasteiger partial charge in [0, 0.05) is 10.0 Å². The van der Waals surface area contributed by atoms with Crippen LogP contribution in [-0.4, -0.2) is 36.9 Å². The average Bonchev–Trinajstić information content (AvgIpc) is 3.02. The average molecular weight is 640 g/mol. The van der Waals surface area contributed by atoms with Gasteiger partial charge in [0.05, 0.1) is 39.6 Å². The van der Waals surface area contributed by atoms with Crippen LogP contribution in [0.15, 0.2) is 97.1 Å². The van der Waals surface area contributed by atoms with Crippen molar-refractivity contribution in [2.45, 2.75) is 10.5 Å². The first kappa shape index (κ1) is 32.0. The fraction of sp³-hybridized carbons (Fsp3) is 0.176. The van der Waals surface area contributed by atoms with E-state index in [9.17, 15) is 8.42 Å². The molecule has 0 radical (unpaired) electrons. The van der Waals surface area contributed by atoms with E-state index in [-0.39, 0.29) is 0 Å². The van der Waals surface area contributed by atoms with Crippen molar-refractivity contribution in [1.82, 2.24) is 0 Å². The first-order valence-electron chi connectivity index (χ1n) is 13.3.